The third-order valence-electron chi connectivity index (χ3n) is 5.91. The minimum atomic E-state index is -0.0954. The zero-order chi connectivity index (χ0) is 23.5. The van der Waals surface area contributed by atoms with Crippen LogP contribution in [-0.4, -0.2) is 90.2 Å². The van der Waals surface area contributed by atoms with Gasteiger partial charge in [0.25, 0.3) is 0 Å². The summed E-state index contributed by atoms with van der Waals surface area (Å²) in [4.78, 5) is 17.8. The van der Waals surface area contributed by atoms with Gasteiger partial charge >= 0.3 is 0 Å². The molecule has 0 atom stereocenters. The first kappa shape index (κ1) is 23.2. The Morgan fingerprint density at radius 3 is 2.48 bits per heavy atom. The third-order valence-corrected chi connectivity index (χ3v) is 5.91. The minimum absolute atomic E-state index is 0.0116. The average Bonchev–Trinajstić information content (AvgIpc) is 3.16. The number of aliphatic hydroxyl groups excluding tert-OH is 2. The largest absolute Gasteiger partial charge is 0.496 e. The molecule has 2 heterocycles. The number of nitrogens with one attached hydrogen (secondary N) is 1. The second-order valence-corrected chi connectivity index (χ2v) is 8.38. The molecule has 3 N–H and O–H groups in total. The molecule has 0 radical (unpaired) electrons. The number of aromatic nitrogens is 2. The number of rotatable bonds is 11. The second-order valence-electron chi connectivity index (χ2n) is 8.38. The number of benzene rings is 2. The Morgan fingerprint density at radius 2 is 1.82 bits per heavy atom. The van der Waals surface area contributed by atoms with Gasteiger partial charge < -0.3 is 25.2 Å². The first-order valence-electron chi connectivity index (χ1n) is 11.1. The summed E-state index contributed by atoms with van der Waals surface area (Å²) in [5, 5.41) is 29.1. The SMILES string of the molecule is COc1cccc2c1c(=O)c1c(NCCN(C)C)ccc3c(CN(CCO)CCO)nn2c31. The molecule has 0 fully saturated rings. The number of likely N-dealkylation sites (N-methyl/N-ethyl adjacent to an activating group) is 1. The Bertz CT molecular complexity index is 1300. The topological polar surface area (TPSA) is 103 Å². The molecule has 33 heavy (non-hydrogen) atoms. The smallest absolute Gasteiger partial charge is 0.203 e. The lowest BCUT2D eigenvalue weighted by atomic mass is 10.0. The van der Waals surface area contributed by atoms with Crippen LogP contribution in [0.3, 0.4) is 0 Å². The van der Waals surface area contributed by atoms with Crippen LogP contribution in [0.4, 0.5) is 5.69 Å². The van der Waals surface area contributed by atoms with Crippen molar-refractivity contribution in [3.63, 3.8) is 0 Å². The van der Waals surface area contributed by atoms with Gasteiger partial charge in [0, 0.05) is 43.8 Å². The molecule has 0 saturated carbocycles. The van der Waals surface area contributed by atoms with Gasteiger partial charge in [-0.2, -0.15) is 5.10 Å². The Hall–Kier alpha value is -2.98. The molecule has 9 nitrogen and oxygen atoms in total. The van der Waals surface area contributed by atoms with Gasteiger partial charge in [0.15, 0.2) is 0 Å². The summed E-state index contributed by atoms with van der Waals surface area (Å²) >= 11 is 0. The molecule has 4 aromatic rings. The summed E-state index contributed by atoms with van der Waals surface area (Å²) in [6.07, 6.45) is 0. The molecule has 4 rings (SSSR count). The summed E-state index contributed by atoms with van der Waals surface area (Å²) in [6, 6.07) is 9.44. The lowest BCUT2D eigenvalue weighted by Gasteiger charge is -2.18. The molecule has 0 spiro atoms. The quantitative estimate of drug-likeness (QED) is 0.291. The van der Waals surface area contributed by atoms with Crippen LogP contribution in [0.5, 0.6) is 5.75 Å². The monoisotopic (exact) mass is 453 g/mol. The van der Waals surface area contributed by atoms with Crippen molar-refractivity contribution in [2.24, 2.45) is 0 Å². The van der Waals surface area contributed by atoms with Crippen molar-refractivity contribution >= 4 is 32.9 Å². The molecule has 0 saturated heterocycles. The van der Waals surface area contributed by atoms with Gasteiger partial charge in [-0.3, -0.25) is 9.69 Å². The standard InChI is InChI=1S/C24H31N5O4/c1-27(2)10-9-25-17-8-7-16-18(15-28(11-13-30)12-14-31)26-29-19-5-4-6-20(33-3)22(19)24(32)21(17)23(16)29/h4-8,25,30-31H,9-15H2,1-3H3. The maximum Gasteiger partial charge on any atom is 0.203 e. The number of ether oxygens (including phenoxy) is 1. The van der Waals surface area contributed by atoms with Gasteiger partial charge in [-0.25, -0.2) is 4.52 Å². The van der Waals surface area contributed by atoms with Crippen molar-refractivity contribution in [2.75, 3.05) is 65.9 Å². The summed E-state index contributed by atoms with van der Waals surface area (Å²) in [5.41, 5.74) is 2.91. The number of hydrogen-bond acceptors (Lipinski definition) is 8. The van der Waals surface area contributed by atoms with Crippen LogP contribution in [0.25, 0.3) is 27.2 Å². The van der Waals surface area contributed by atoms with E-state index in [1.54, 1.807) is 13.2 Å². The Balaban J connectivity index is 1.97. The summed E-state index contributed by atoms with van der Waals surface area (Å²) in [7, 11) is 5.57. The van der Waals surface area contributed by atoms with E-state index in [-0.39, 0.29) is 18.6 Å². The fourth-order valence-electron chi connectivity index (χ4n) is 4.33. The van der Waals surface area contributed by atoms with E-state index in [1.165, 1.54) is 0 Å². The molecule has 0 bridgehead atoms. The molecule has 0 aliphatic carbocycles. The van der Waals surface area contributed by atoms with Crippen LogP contribution in [0.1, 0.15) is 5.69 Å². The van der Waals surface area contributed by atoms with E-state index in [9.17, 15) is 15.0 Å². The highest BCUT2D eigenvalue weighted by atomic mass is 16.5. The van der Waals surface area contributed by atoms with E-state index in [0.29, 0.717) is 48.2 Å². The van der Waals surface area contributed by atoms with E-state index in [2.05, 4.69) is 10.2 Å². The minimum Gasteiger partial charge on any atom is -0.496 e. The van der Waals surface area contributed by atoms with Gasteiger partial charge in [-0.15, -0.1) is 0 Å². The molecular weight excluding hydrogens is 422 g/mol. The first-order valence-corrected chi connectivity index (χ1v) is 11.1. The highest BCUT2D eigenvalue weighted by molar-refractivity contribution is 6.09. The average molecular weight is 454 g/mol. The van der Waals surface area contributed by atoms with Crippen molar-refractivity contribution in [1.82, 2.24) is 19.4 Å². The van der Waals surface area contributed by atoms with Gasteiger partial charge in [0.2, 0.25) is 5.43 Å². The molecule has 0 amide bonds. The van der Waals surface area contributed by atoms with Crippen LogP contribution in [0.2, 0.25) is 0 Å². The molecule has 2 aromatic carbocycles. The number of aliphatic hydroxyl groups is 2. The van der Waals surface area contributed by atoms with Gasteiger partial charge in [-0.05, 0) is 38.4 Å². The number of anilines is 1. The molecule has 9 heteroatoms. The predicted octanol–water partition coefficient (Wildman–Crippen LogP) is 1.21. The van der Waals surface area contributed by atoms with E-state index < -0.39 is 0 Å². The number of pyridine rings is 1. The van der Waals surface area contributed by atoms with E-state index in [0.717, 1.165) is 28.8 Å². The normalized spacial score (nSPS) is 12.1. The van der Waals surface area contributed by atoms with E-state index in [4.69, 9.17) is 9.84 Å². The third kappa shape index (κ3) is 4.32. The second kappa shape index (κ2) is 9.88. The predicted molar refractivity (Wildman–Crippen MR) is 131 cm³/mol. The molecule has 2 aromatic heterocycles. The molecule has 176 valence electrons. The number of hydrogen-bond donors (Lipinski definition) is 3. The number of methoxy groups -OCH3 is 1. The maximum atomic E-state index is 13.8. The Morgan fingerprint density at radius 1 is 1.06 bits per heavy atom. The van der Waals surface area contributed by atoms with Crippen LogP contribution in [0, 0.1) is 0 Å². The Kier molecular flexibility index (Phi) is 6.94. The van der Waals surface area contributed by atoms with Gasteiger partial charge in [0.1, 0.15) is 5.75 Å². The molecule has 0 aliphatic rings. The number of nitrogens with zero attached hydrogens (tertiary/aromatic N) is 4. The fraction of sp³-hybridized carbons (Fsp3) is 0.417. The summed E-state index contributed by atoms with van der Waals surface area (Å²) < 4.78 is 7.35. The lowest BCUT2D eigenvalue weighted by Crippen LogP contribution is -2.29. The van der Waals surface area contributed by atoms with Crippen molar-refractivity contribution < 1.29 is 14.9 Å². The Labute approximate surface area is 192 Å². The van der Waals surface area contributed by atoms with Gasteiger partial charge in [0.05, 0.1) is 47.8 Å². The fourth-order valence-corrected chi connectivity index (χ4v) is 4.33. The summed E-state index contributed by atoms with van der Waals surface area (Å²) in [6.45, 7) is 2.80. The zero-order valence-electron chi connectivity index (χ0n) is 19.3. The van der Waals surface area contributed by atoms with Crippen molar-refractivity contribution in [1.29, 1.82) is 0 Å². The van der Waals surface area contributed by atoms with Crippen LogP contribution < -0.4 is 15.5 Å². The molecular formula is C24H31N5O4. The van der Waals surface area contributed by atoms with Crippen LogP contribution in [0.15, 0.2) is 35.1 Å². The van der Waals surface area contributed by atoms with Crippen molar-refractivity contribution in [3.05, 3.63) is 46.2 Å². The first-order chi connectivity index (χ1) is 16.0. The van der Waals surface area contributed by atoms with E-state index in [1.807, 2.05) is 47.8 Å². The molecule has 0 aliphatic heterocycles. The van der Waals surface area contributed by atoms with E-state index >= 15 is 0 Å². The highest BCUT2D eigenvalue weighted by Crippen LogP contribution is 2.33. The summed E-state index contributed by atoms with van der Waals surface area (Å²) in [5.74, 6) is 0.513. The number of fused-ring (bicyclic) bond motifs is 2. The van der Waals surface area contributed by atoms with Crippen molar-refractivity contribution in [3.8, 4) is 5.75 Å². The van der Waals surface area contributed by atoms with Crippen LogP contribution in [-0.2, 0) is 6.54 Å². The lowest BCUT2D eigenvalue weighted by molar-refractivity contribution is 0.155. The van der Waals surface area contributed by atoms with Gasteiger partial charge in [-0.1, -0.05) is 6.07 Å². The zero-order valence-corrected chi connectivity index (χ0v) is 19.3. The van der Waals surface area contributed by atoms with Crippen molar-refractivity contribution in [2.45, 2.75) is 6.54 Å². The maximum absolute atomic E-state index is 13.8. The highest BCUT2D eigenvalue weighted by Gasteiger charge is 2.22. The molecule has 0 unspecified atom stereocenters. The van der Waals surface area contributed by atoms with Crippen LogP contribution >= 0.6 is 0 Å².